The topological polar surface area (TPSA) is 111 Å². The molecule has 0 fully saturated rings. The Bertz CT molecular complexity index is 1480. The minimum Gasteiger partial charge on any atom is -0.355 e. The Morgan fingerprint density at radius 2 is 1.66 bits per heavy atom. The van der Waals surface area contributed by atoms with Gasteiger partial charge < -0.3 is 26.3 Å². The molecule has 35 heavy (non-hydrogen) atoms. The molecule has 1 aromatic heterocycles. The number of imidazole rings is 1. The Morgan fingerprint density at radius 3 is 2.40 bits per heavy atom. The van der Waals surface area contributed by atoms with Gasteiger partial charge in [0.05, 0.1) is 11.3 Å². The maximum atomic E-state index is 13.3. The van der Waals surface area contributed by atoms with Crippen LogP contribution < -0.4 is 21.3 Å². The Hall–Kier alpha value is -4.92. The van der Waals surface area contributed by atoms with Crippen molar-refractivity contribution >= 4 is 52.0 Å². The van der Waals surface area contributed by atoms with Crippen molar-refractivity contribution in [3.63, 3.8) is 0 Å². The van der Waals surface area contributed by atoms with Crippen LogP contribution in [0.25, 0.3) is 11.6 Å². The molecule has 8 nitrogen and oxygen atoms in total. The fraction of sp³-hybridized carbons (Fsp3) is 0.0385. The van der Waals surface area contributed by atoms with Crippen LogP contribution in [0.4, 0.5) is 37.6 Å². The number of hydrogen-bond acceptors (Lipinski definition) is 4. The number of benzene rings is 3. The average molecular weight is 468 g/mol. The molecule has 5 rings (SSSR count). The van der Waals surface area contributed by atoms with Gasteiger partial charge in [0.25, 0.3) is 5.91 Å². The van der Waals surface area contributed by atoms with E-state index in [-0.39, 0.29) is 5.91 Å². The first-order chi connectivity index (χ1) is 16.9. The van der Waals surface area contributed by atoms with Gasteiger partial charge in [-0.15, -0.1) is 0 Å². The van der Waals surface area contributed by atoms with E-state index in [0.717, 1.165) is 22.6 Å². The van der Waals surface area contributed by atoms with E-state index in [0.29, 0.717) is 28.5 Å². The predicted octanol–water partition coefficient (Wildman–Crippen LogP) is 5.74. The minimum atomic E-state index is -0.487. The van der Waals surface area contributed by atoms with Gasteiger partial charge in [-0.05, 0) is 61.5 Å². The lowest BCUT2D eigenvalue weighted by atomic mass is 10.1. The second-order valence-electron chi connectivity index (χ2n) is 8.02. The summed E-state index contributed by atoms with van der Waals surface area (Å²) >= 11 is 0. The average Bonchev–Trinajstić information content (AvgIpc) is 3.36. The first kappa shape index (κ1) is 21.9. The normalized spacial score (nSPS) is 13.3. The molecular formula is C26H21FN6O2. The van der Waals surface area contributed by atoms with Crippen molar-refractivity contribution in [1.29, 1.82) is 0 Å². The van der Waals surface area contributed by atoms with Crippen LogP contribution >= 0.6 is 0 Å². The number of aryl methyl sites for hydroxylation is 1. The van der Waals surface area contributed by atoms with Gasteiger partial charge in [0, 0.05) is 40.2 Å². The summed E-state index contributed by atoms with van der Waals surface area (Å²) in [5.74, 6) is -0.00614. The molecule has 2 heterocycles. The van der Waals surface area contributed by atoms with E-state index in [1.54, 1.807) is 36.5 Å². The Labute approximate surface area is 200 Å². The van der Waals surface area contributed by atoms with Crippen LogP contribution in [-0.4, -0.2) is 21.9 Å². The van der Waals surface area contributed by atoms with Crippen LogP contribution in [0.2, 0.25) is 0 Å². The molecule has 0 atom stereocenters. The van der Waals surface area contributed by atoms with E-state index in [1.165, 1.54) is 18.2 Å². The molecule has 3 aromatic carbocycles. The Kier molecular flexibility index (Phi) is 5.72. The van der Waals surface area contributed by atoms with Crippen molar-refractivity contribution in [3.05, 3.63) is 95.8 Å². The van der Waals surface area contributed by atoms with Gasteiger partial charge in [-0.3, -0.25) is 4.79 Å². The molecule has 0 saturated heterocycles. The second kappa shape index (κ2) is 9.14. The van der Waals surface area contributed by atoms with E-state index in [1.807, 2.05) is 31.2 Å². The van der Waals surface area contributed by atoms with E-state index < -0.39 is 11.8 Å². The van der Waals surface area contributed by atoms with Gasteiger partial charge in [-0.25, -0.2) is 14.2 Å². The predicted molar refractivity (Wildman–Crippen MR) is 135 cm³/mol. The molecule has 0 radical (unpaired) electrons. The summed E-state index contributed by atoms with van der Waals surface area (Å²) in [6.07, 6.45) is 3.44. The summed E-state index contributed by atoms with van der Waals surface area (Å²) in [5.41, 5.74) is 5.34. The molecule has 9 heteroatoms. The summed E-state index contributed by atoms with van der Waals surface area (Å²) in [7, 11) is 0. The number of hydrogen-bond donors (Lipinski definition) is 5. The molecule has 0 aliphatic carbocycles. The van der Waals surface area contributed by atoms with E-state index >= 15 is 0 Å². The van der Waals surface area contributed by atoms with E-state index in [4.69, 9.17) is 0 Å². The number of nitrogens with zero attached hydrogens (tertiary/aromatic N) is 1. The molecule has 1 aliphatic rings. The van der Waals surface area contributed by atoms with Crippen LogP contribution in [0, 0.1) is 12.7 Å². The number of aromatic nitrogens is 2. The summed E-state index contributed by atoms with van der Waals surface area (Å²) in [5, 5.41) is 11.5. The standard InChI is InChI=1S/C26H21FN6O2/c1-15-14-28-24(29-15)13-22-21-9-8-20(12-23(21)33-25(22)34)30-18-6-3-7-19(11-18)32-26(35)31-17-5-2-4-16(27)10-17/h2-14,30H,1H3,(H,28,29)(H,33,34)(H2,31,32,35). The molecular weight excluding hydrogens is 447 g/mol. The van der Waals surface area contributed by atoms with Gasteiger partial charge in [0.2, 0.25) is 0 Å². The quantitative estimate of drug-likeness (QED) is 0.241. The molecule has 0 bridgehead atoms. The molecule has 4 aromatic rings. The highest BCUT2D eigenvalue weighted by Crippen LogP contribution is 2.35. The van der Waals surface area contributed by atoms with E-state index in [2.05, 4.69) is 31.2 Å². The number of urea groups is 1. The smallest absolute Gasteiger partial charge is 0.323 e. The summed E-state index contributed by atoms with van der Waals surface area (Å²) in [4.78, 5) is 32.1. The van der Waals surface area contributed by atoms with Gasteiger partial charge in [-0.2, -0.15) is 0 Å². The monoisotopic (exact) mass is 468 g/mol. The zero-order chi connectivity index (χ0) is 24.4. The number of rotatable bonds is 5. The molecule has 0 spiro atoms. The molecule has 0 unspecified atom stereocenters. The number of carbonyl (C=O) groups is 2. The first-order valence-corrected chi connectivity index (χ1v) is 10.8. The van der Waals surface area contributed by atoms with Crippen molar-refractivity contribution in [2.24, 2.45) is 0 Å². The van der Waals surface area contributed by atoms with Gasteiger partial charge in [0.1, 0.15) is 11.6 Å². The third-order valence-electron chi connectivity index (χ3n) is 5.30. The van der Waals surface area contributed by atoms with Crippen molar-refractivity contribution < 1.29 is 14.0 Å². The van der Waals surface area contributed by atoms with Crippen LogP contribution in [0.5, 0.6) is 0 Å². The number of fused-ring (bicyclic) bond motifs is 1. The number of carbonyl (C=O) groups excluding carboxylic acids is 2. The highest BCUT2D eigenvalue weighted by atomic mass is 19.1. The fourth-order valence-electron chi connectivity index (χ4n) is 3.76. The summed E-state index contributed by atoms with van der Waals surface area (Å²) in [6, 6.07) is 17.9. The number of aromatic amines is 1. The van der Waals surface area contributed by atoms with Gasteiger partial charge in [0.15, 0.2) is 0 Å². The largest absolute Gasteiger partial charge is 0.355 e. The molecule has 0 saturated carbocycles. The van der Waals surface area contributed by atoms with Crippen LogP contribution in [0.3, 0.4) is 0 Å². The Morgan fingerprint density at radius 1 is 0.943 bits per heavy atom. The second-order valence-corrected chi connectivity index (χ2v) is 8.02. The number of nitrogens with one attached hydrogen (secondary N) is 5. The molecule has 3 amide bonds. The number of H-pyrrole nitrogens is 1. The highest BCUT2D eigenvalue weighted by molar-refractivity contribution is 6.34. The van der Waals surface area contributed by atoms with Crippen molar-refractivity contribution in [1.82, 2.24) is 9.97 Å². The fourth-order valence-corrected chi connectivity index (χ4v) is 3.76. The lowest BCUT2D eigenvalue weighted by molar-refractivity contribution is -0.110. The number of halogens is 1. The SMILES string of the molecule is Cc1cnc(C=C2C(=O)Nc3cc(Nc4cccc(NC(=O)Nc5cccc(F)c5)c4)ccc32)[nH]1. The third-order valence-corrected chi connectivity index (χ3v) is 5.30. The highest BCUT2D eigenvalue weighted by Gasteiger charge is 2.24. The first-order valence-electron chi connectivity index (χ1n) is 10.8. The lowest BCUT2D eigenvalue weighted by Gasteiger charge is -2.11. The minimum absolute atomic E-state index is 0.193. The zero-order valence-corrected chi connectivity index (χ0v) is 18.6. The summed E-state index contributed by atoms with van der Waals surface area (Å²) < 4.78 is 13.3. The molecule has 5 N–H and O–H groups in total. The Balaban J connectivity index is 1.28. The third kappa shape index (κ3) is 5.03. The van der Waals surface area contributed by atoms with Gasteiger partial charge in [-0.1, -0.05) is 18.2 Å². The maximum Gasteiger partial charge on any atom is 0.323 e. The van der Waals surface area contributed by atoms with Crippen LogP contribution in [0.15, 0.2) is 72.9 Å². The van der Waals surface area contributed by atoms with E-state index in [9.17, 15) is 14.0 Å². The number of anilines is 5. The molecule has 1 aliphatic heterocycles. The number of amides is 3. The van der Waals surface area contributed by atoms with Crippen LogP contribution in [-0.2, 0) is 4.79 Å². The summed E-state index contributed by atoms with van der Waals surface area (Å²) in [6.45, 7) is 1.90. The maximum absolute atomic E-state index is 13.3. The lowest BCUT2D eigenvalue weighted by Crippen LogP contribution is -2.19. The van der Waals surface area contributed by atoms with Crippen molar-refractivity contribution in [2.45, 2.75) is 6.92 Å². The van der Waals surface area contributed by atoms with Crippen LogP contribution in [0.1, 0.15) is 17.1 Å². The van der Waals surface area contributed by atoms with Gasteiger partial charge >= 0.3 is 6.03 Å². The molecule has 174 valence electrons. The zero-order valence-electron chi connectivity index (χ0n) is 18.6. The van der Waals surface area contributed by atoms with Crippen molar-refractivity contribution in [2.75, 3.05) is 21.3 Å². The van der Waals surface area contributed by atoms with Crippen molar-refractivity contribution in [3.8, 4) is 0 Å².